The van der Waals surface area contributed by atoms with Gasteiger partial charge >= 0.3 is 7.60 Å². The summed E-state index contributed by atoms with van der Waals surface area (Å²) in [7, 11) is -4.44. The maximum atomic E-state index is 11.1. The van der Waals surface area contributed by atoms with Gasteiger partial charge in [0.25, 0.3) is 0 Å². The zero-order valence-electron chi connectivity index (χ0n) is 7.47. The molecule has 78 valence electrons. The lowest BCUT2D eigenvalue weighted by Gasteiger charge is -2.20. The Kier molecular flexibility index (Phi) is 4.56. The summed E-state index contributed by atoms with van der Waals surface area (Å²) in [4.78, 5) is 28.7. The summed E-state index contributed by atoms with van der Waals surface area (Å²) in [5, 5.41) is 10.3. The number of carbonyl (C=O) groups is 1. The van der Waals surface area contributed by atoms with Crippen LogP contribution in [0.15, 0.2) is 0 Å². The molecule has 0 saturated carbocycles. The number of hydrogen-bond donors (Lipinski definition) is 4. The Morgan fingerprint density at radius 1 is 1.46 bits per heavy atom. The molecule has 0 radical (unpaired) electrons. The molecule has 0 aromatic carbocycles. The first-order valence-electron chi connectivity index (χ1n) is 3.74. The standard InChI is InChI=1S/C6H14NO5P/c1-4(2)5(13(10,11)12)6(9)7-3-8/h4-5,8H,3H2,1-2H3,(H,7,9)(H2,10,11,12). The van der Waals surface area contributed by atoms with E-state index in [0.29, 0.717) is 0 Å². The van der Waals surface area contributed by atoms with Crippen LogP contribution in [0.2, 0.25) is 0 Å². The molecule has 0 aliphatic carbocycles. The molecule has 1 atom stereocenters. The van der Waals surface area contributed by atoms with Crippen molar-refractivity contribution in [1.82, 2.24) is 5.32 Å². The second-order valence-corrected chi connectivity index (χ2v) is 4.71. The molecule has 7 heteroatoms. The van der Waals surface area contributed by atoms with Crippen LogP contribution in [-0.4, -0.2) is 33.2 Å². The largest absolute Gasteiger partial charge is 0.377 e. The Balaban J connectivity index is 4.63. The van der Waals surface area contributed by atoms with Gasteiger partial charge in [0.05, 0.1) is 0 Å². The average Bonchev–Trinajstić information content (AvgIpc) is 1.82. The van der Waals surface area contributed by atoms with Crippen LogP contribution in [0.1, 0.15) is 13.8 Å². The van der Waals surface area contributed by atoms with Crippen LogP contribution in [0.25, 0.3) is 0 Å². The van der Waals surface area contributed by atoms with Crippen LogP contribution in [0.5, 0.6) is 0 Å². The molecule has 0 fully saturated rings. The number of rotatable bonds is 4. The van der Waals surface area contributed by atoms with E-state index in [0.717, 1.165) is 0 Å². The monoisotopic (exact) mass is 211 g/mol. The first-order chi connectivity index (χ1) is 5.80. The van der Waals surface area contributed by atoms with Crippen molar-refractivity contribution in [3.05, 3.63) is 0 Å². The number of nitrogens with one attached hydrogen (secondary N) is 1. The molecule has 13 heavy (non-hydrogen) atoms. The first kappa shape index (κ1) is 12.6. The van der Waals surface area contributed by atoms with Crippen LogP contribution in [0.4, 0.5) is 0 Å². The summed E-state index contributed by atoms with van der Waals surface area (Å²) in [5.74, 6) is -1.31. The molecule has 0 aliphatic heterocycles. The molecule has 1 unspecified atom stereocenters. The van der Waals surface area contributed by atoms with Gasteiger partial charge in [-0.05, 0) is 5.92 Å². The van der Waals surface area contributed by atoms with Gasteiger partial charge in [-0.3, -0.25) is 9.36 Å². The van der Waals surface area contributed by atoms with E-state index >= 15 is 0 Å². The van der Waals surface area contributed by atoms with Gasteiger partial charge in [-0.25, -0.2) is 0 Å². The highest BCUT2D eigenvalue weighted by atomic mass is 31.2. The third kappa shape index (κ3) is 3.87. The van der Waals surface area contributed by atoms with Gasteiger partial charge in [0.2, 0.25) is 5.91 Å². The predicted molar refractivity (Wildman–Crippen MR) is 45.9 cm³/mol. The summed E-state index contributed by atoms with van der Waals surface area (Å²) in [5.41, 5.74) is -1.39. The van der Waals surface area contributed by atoms with Crippen molar-refractivity contribution in [2.75, 3.05) is 6.73 Å². The highest BCUT2D eigenvalue weighted by Gasteiger charge is 2.37. The maximum absolute atomic E-state index is 11.1. The molecular formula is C6H14NO5P. The van der Waals surface area contributed by atoms with Gasteiger partial charge in [-0.1, -0.05) is 13.8 Å². The Bertz CT molecular complexity index is 223. The smallest absolute Gasteiger partial charge is 0.338 e. The van der Waals surface area contributed by atoms with E-state index in [4.69, 9.17) is 14.9 Å². The quantitative estimate of drug-likeness (QED) is 0.361. The van der Waals surface area contributed by atoms with E-state index in [-0.39, 0.29) is 0 Å². The van der Waals surface area contributed by atoms with Crippen molar-refractivity contribution in [1.29, 1.82) is 0 Å². The molecule has 6 nitrogen and oxygen atoms in total. The topological polar surface area (TPSA) is 107 Å². The van der Waals surface area contributed by atoms with Crippen molar-refractivity contribution in [2.45, 2.75) is 19.5 Å². The molecule has 0 saturated heterocycles. The molecule has 0 bridgehead atoms. The minimum absolute atomic E-state index is 0.479. The van der Waals surface area contributed by atoms with E-state index in [2.05, 4.69) is 0 Å². The third-order valence-corrected chi connectivity index (χ3v) is 3.07. The van der Waals surface area contributed by atoms with Gasteiger partial charge in [-0.2, -0.15) is 0 Å². The molecule has 0 aliphatic rings. The Morgan fingerprint density at radius 2 is 1.92 bits per heavy atom. The lowest BCUT2D eigenvalue weighted by molar-refractivity contribution is -0.122. The fraction of sp³-hybridized carbons (Fsp3) is 0.833. The Morgan fingerprint density at radius 3 is 2.15 bits per heavy atom. The first-order valence-corrected chi connectivity index (χ1v) is 5.42. The highest BCUT2D eigenvalue weighted by molar-refractivity contribution is 7.53. The molecule has 4 N–H and O–H groups in total. The van der Waals surface area contributed by atoms with Crippen molar-refractivity contribution >= 4 is 13.5 Å². The van der Waals surface area contributed by atoms with Crippen LogP contribution in [0.3, 0.4) is 0 Å². The summed E-state index contributed by atoms with van der Waals surface area (Å²) >= 11 is 0. The van der Waals surface area contributed by atoms with E-state index in [9.17, 15) is 9.36 Å². The van der Waals surface area contributed by atoms with E-state index < -0.39 is 31.8 Å². The lowest BCUT2D eigenvalue weighted by Crippen LogP contribution is -2.38. The molecule has 1 amide bonds. The number of aliphatic hydroxyl groups excluding tert-OH is 1. The molecule has 0 heterocycles. The second-order valence-electron chi connectivity index (χ2n) is 2.98. The van der Waals surface area contributed by atoms with Gasteiger partial charge in [0.1, 0.15) is 12.4 Å². The van der Waals surface area contributed by atoms with Gasteiger partial charge in [0.15, 0.2) is 0 Å². The molecule has 0 rings (SSSR count). The zero-order chi connectivity index (χ0) is 10.6. The van der Waals surface area contributed by atoms with Crippen molar-refractivity contribution < 1.29 is 24.3 Å². The molecule has 0 aromatic rings. The van der Waals surface area contributed by atoms with Gasteiger partial charge < -0.3 is 20.2 Å². The number of carbonyl (C=O) groups excluding carboxylic acids is 1. The minimum atomic E-state index is -4.44. The summed E-state index contributed by atoms with van der Waals surface area (Å²) in [6, 6.07) is 0. The lowest BCUT2D eigenvalue weighted by atomic mass is 10.1. The molecular weight excluding hydrogens is 197 g/mol. The second kappa shape index (κ2) is 4.72. The van der Waals surface area contributed by atoms with E-state index in [1.54, 1.807) is 0 Å². The summed E-state index contributed by atoms with van der Waals surface area (Å²) in [6.45, 7) is 2.43. The van der Waals surface area contributed by atoms with Crippen LogP contribution < -0.4 is 5.32 Å². The highest BCUT2D eigenvalue weighted by Crippen LogP contribution is 2.44. The van der Waals surface area contributed by atoms with Crippen LogP contribution in [0, 0.1) is 5.92 Å². The number of amides is 1. The fourth-order valence-electron chi connectivity index (χ4n) is 1.03. The molecule has 0 spiro atoms. The van der Waals surface area contributed by atoms with Crippen molar-refractivity contribution in [3.8, 4) is 0 Å². The normalized spacial score (nSPS) is 14.3. The third-order valence-electron chi connectivity index (χ3n) is 1.52. The Hall–Kier alpha value is -0.420. The number of aliphatic hydroxyl groups is 1. The van der Waals surface area contributed by atoms with E-state index in [1.807, 2.05) is 5.32 Å². The number of hydrogen-bond acceptors (Lipinski definition) is 3. The van der Waals surface area contributed by atoms with Gasteiger partial charge in [-0.15, -0.1) is 0 Å². The molecule has 0 aromatic heterocycles. The average molecular weight is 211 g/mol. The Labute approximate surface area is 76.1 Å². The van der Waals surface area contributed by atoms with E-state index in [1.165, 1.54) is 13.8 Å². The minimum Gasteiger partial charge on any atom is -0.377 e. The van der Waals surface area contributed by atoms with Crippen LogP contribution >= 0.6 is 7.60 Å². The SMILES string of the molecule is CC(C)C(C(=O)NCO)P(=O)(O)O. The van der Waals surface area contributed by atoms with Gasteiger partial charge in [0, 0.05) is 0 Å². The zero-order valence-corrected chi connectivity index (χ0v) is 8.36. The van der Waals surface area contributed by atoms with Crippen molar-refractivity contribution in [3.63, 3.8) is 0 Å². The predicted octanol–water partition coefficient (Wildman–Crippen LogP) is -0.745. The summed E-state index contributed by atoms with van der Waals surface area (Å²) < 4.78 is 10.8. The maximum Gasteiger partial charge on any atom is 0.338 e. The van der Waals surface area contributed by atoms with Crippen molar-refractivity contribution in [2.24, 2.45) is 5.92 Å². The van der Waals surface area contributed by atoms with Crippen LogP contribution in [-0.2, 0) is 9.36 Å². The fourth-order valence-corrected chi connectivity index (χ4v) is 2.20. The summed E-state index contributed by atoms with van der Waals surface area (Å²) in [6.07, 6.45) is 0.